The number of hydrogen-bond acceptors (Lipinski definition) is 4. The fourth-order valence-electron chi connectivity index (χ4n) is 2.06. The molecule has 0 bridgehead atoms. The van der Waals surface area contributed by atoms with Crippen LogP contribution >= 0.6 is 0 Å². The zero-order valence-electron chi connectivity index (χ0n) is 11.6. The monoisotopic (exact) mass is 300 g/mol. The second-order valence-electron chi connectivity index (χ2n) is 4.78. The minimum Gasteiger partial charge on any atom is -0.379 e. The average Bonchev–Trinajstić information content (AvgIpc) is 2.98. The molecule has 0 aromatic carbocycles. The molecule has 1 atom stereocenters. The predicted molar refractivity (Wildman–Crippen MR) is 70.9 cm³/mol. The van der Waals surface area contributed by atoms with Crippen LogP contribution in [0.4, 0.5) is 8.78 Å². The van der Waals surface area contributed by atoms with Gasteiger partial charge in [0.05, 0.1) is 18.3 Å². The summed E-state index contributed by atoms with van der Waals surface area (Å²) < 4.78 is 37.0. The third-order valence-corrected chi connectivity index (χ3v) is 3.17. The quantitative estimate of drug-likeness (QED) is 0.615. The highest BCUT2D eigenvalue weighted by Gasteiger charge is 2.16. The average molecular weight is 300 g/mol. The Morgan fingerprint density at radius 1 is 1.52 bits per heavy atom. The van der Waals surface area contributed by atoms with E-state index in [9.17, 15) is 13.6 Å². The van der Waals surface area contributed by atoms with E-state index in [1.54, 1.807) is 0 Å². The second-order valence-corrected chi connectivity index (χ2v) is 4.78. The Balaban J connectivity index is 1.61. The SMILES string of the molecule is O=C(NCCCOCC1CCCO1)c1ccnc(F)c1F. The van der Waals surface area contributed by atoms with Crippen LogP contribution in [0, 0.1) is 11.8 Å². The molecule has 0 aliphatic carbocycles. The summed E-state index contributed by atoms with van der Waals surface area (Å²) in [6, 6.07) is 1.14. The number of nitrogens with zero attached hydrogens (tertiary/aromatic N) is 1. The maximum Gasteiger partial charge on any atom is 0.254 e. The van der Waals surface area contributed by atoms with Crippen molar-refractivity contribution in [2.45, 2.75) is 25.4 Å². The van der Waals surface area contributed by atoms with E-state index in [1.807, 2.05) is 0 Å². The van der Waals surface area contributed by atoms with Gasteiger partial charge >= 0.3 is 0 Å². The van der Waals surface area contributed by atoms with Crippen LogP contribution in [-0.4, -0.2) is 43.4 Å². The highest BCUT2D eigenvalue weighted by Crippen LogP contribution is 2.12. The van der Waals surface area contributed by atoms with Gasteiger partial charge < -0.3 is 14.8 Å². The Labute approximate surface area is 121 Å². The molecule has 116 valence electrons. The van der Waals surface area contributed by atoms with Gasteiger partial charge in [0.15, 0.2) is 5.82 Å². The minimum atomic E-state index is -1.28. The van der Waals surface area contributed by atoms with Crippen molar-refractivity contribution < 1.29 is 23.0 Å². The smallest absolute Gasteiger partial charge is 0.254 e. The van der Waals surface area contributed by atoms with E-state index in [-0.39, 0.29) is 11.7 Å². The number of nitrogens with one attached hydrogen (secondary N) is 1. The predicted octanol–water partition coefficient (Wildman–Crippen LogP) is 1.68. The van der Waals surface area contributed by atoms with Crippen molar-refractivity contribution in [3.05, 3.63) is 29.6 Å². The van der Waals surface area contributed by atoms with Crippen molar-refractivity contribution in [2.24, 2.45) is 0 Å². The molecule has 21 heavy (non-hydrogen) atoms. The molecule has 1 aromatic heterocycles. The molecule has 1 aromatic rings. The van der Waals surface area contributed by atoms with Crippen LogP contribution in [0.15, 0.2) is 12.3 Å². The molecule has 2 rings (SSSR count). The fourth-order valence-corrected chi connectivity index (χ4v) is 2.06. The highest BCUT2D eigenvalue weighted by molar-refractivity contribution is 5.94. The molecule has 1 unspecified atom stereocenters. The fraction of sp³-hybridized carbons (Fsp3) is 0.571. The van der Waals surface area contributed by atoms with Crippen molar-refractivity contribution in [2.75, 3.05) is 26.4 Å². The first-order valence-corrected chi connectivity index (χ1v) is 6.96. The Morgan fingerprint density at radius 2 is 2.38 bits per heavy atom. The Morgan fingerprint density at radius 3 is 3.14 bits per heavy atom. The van der Waals surface area contributed by atoms with Gasteiger partial charge in [-0.2, -0.15) is 4.39 Å². The van der Waals surface area contributed by atoms with Crippen molar-refractivity contribution in [3.8, 4) is 0 Å². The normalized spacial score (nSPS) is 17.9. The zero-order valence-corrected chi connectivity index (χ0v) is 11.6. The van der Waals surface area contributed by atoms with Crippen molar-refractivity contribution in [1.82, 2.24) is 10.3 Å². The maximum absolute atomic E-state index is 13.3. The molecule has 1 saturated heterocycles. The number of carbonyl (C=O) groups excluding carboxylic acids is 1. The molecule has 2 heterocycles. The van der Waals surface area contributed by atoms with E-state index >= 15 is 0 Å². The largest absolute Gasteiger partial charge is 0.379 e. The van der Waals surface area contributed by atoms with Crippen LogP contribution in [0.2, 0.25) is 0 Å². The van der Waals surface area contributed by atoms with Crippen molar-refractivity contribution in [1.29, 1.82) is 0 Å². The van der Waals surface area contributed by atoms with Gasteiger partial charge in [0, 0.05) is 26.0 Å². The lowest BCUT2D eigenvalue weighted by molar-refractivity contribution is 0.0166. The summed E-state index contributed by atoms with van der Waals surface area (Å²) in [5, 5.41) is 2.51. The van der Waals surface area contributed by atoms with Gasteiger partial charge in [0.1, 0.15) is 0 Å². The number of aromatic nitrogens is 1. The van der Waals surface area contributed by atoms with Gasteiger partial charge in [-0.05, 0) is 25.3 Å². The van der Waals surface area contributed by atoms with E-state index < -0.39 is 17.7 Å². The molecule has 1 fully saturated rings. The summed E-state index contributed by atoms with van der Waals surface area (Å²) in [5.41, 5.74) is -0.345. The van der Waals surface area contributed by atoms with Crippen LogP contribution in [0.5, 0.6) is 0 Å². The number of rotatable bonds is 7. The van der Waals surface area contributed by atoms with Gasteiger partial charge in [-0.15, -0.1) is 0 Å². The lowest BCUT2D eigenvalue weighted by Gasteiger charge is -2.10. The molecule has 0 saturated carbocycles. The summed E-state index contributed by atoms with van der Waals surface area (Å²) in [6.07, 6.45) is 3.90. The summed E-state index contributed by atoms with van der Waals surface area (Å²) >= 11 is 0. The van der Waals surface area contributed by atoms with Crippen molar-refractivity contribution >= 4 is 5.91 Å². The lowest BCUT2D eigenvalue weighted by Crippen LogP contribution is -2.27. The number of carbonyl (C=O) groups is 1. The number of halogens is 2. The second kappa shape index (κ2) is 7.99. The van der Waals surface area contributed by atoms with E-state index in [4.69, 9.17) is 9.47 Å². The van der Waals surface area contributed by atoms with Gasteiger partial charge in [-0.1, -0.05) is 0 Å². The molecular formula is C14H18F2N2O3. The summed E-state index contributed by atoms with van der Waals surface area (Å²) in [7, 11) is 0. The van der Waals surface area contributed by atoms with Gasteiger partial charge in [0.2, 0.25) is 5.95 Å². The lowest BCUT2D eigenvalue weighted by atomic mass is 10.2. The maximum atomic E-state index is 13.3. The Bertz CT molecular complexity index is 479. The Hall–Kier alpha value is -1.60. The summed E-state index contributed by atoms with van der Waals surface area (Å²) in [5.74, 6) is -3.17. The summed E-state index contributed by atoms with van der Waals surface area (Å²) in [4.78, 5) is 14.8. The van der Waals surface area contributed by atoms with Crippen LogP contribution < -0.4 is 5.32 Å². The van der Waals surface area contributed by atoms with Gasteiger partial charge in [0.25, 0.3) is 5.91 Å². The molecule has 1 amide bonds. The molecule has 7 heteroatoms. The standard InChI is InChI=1S/C14H18F2N2O3/c15-12-11(4-6-17-13(12)16)14(19)18-5-2-7-20-9-10-3-1-8-21-10/h4,6,10H,1-3,5,7-9H2,(H,18,19). The van der Waals surface area contributed by atoms with Gasteiger partial charge in [-0.25, -0.2) is 9.37 Å². The first-order chi connectivity index (χ1) is 10.2. The molecular weight excluding hydrogens is 282 g/mol. The molecule has 1 aliphatic rings. The zero-order chi connectivity index (χ0) is 15.1. The van der Waals surface area contributed by atoms with Crippen LogP contribution in [0.3, 0.4) is 0 Å². The minimum absolute atomic E-state index is 0.175. The van der Waals surface area contributed by atoms with E-state index in [0.717, 1.165) is 31.7 Å². The van der Waals surface area contributed by atoms with Crippen molar-refractivity contribution in [3.63, 3.8) is 0 Å². The van der Waals surface area contributed by atoms with Crippen LogP contribution in [0.25, 0.3) is 0 Å². The first kappa shape index (κ1) is 15.8. The highest BCUT2D eigenvalue weighted by atomic mass is 19.2. The van der Waals surface area contributed by atoms with E-state index in [2.05, 4.69) is 10.3 Å². The number of pyridine rings is 1. The molecule has 5 nitrogen and oxygen atoms in total. The van der Waals surface area contributed by atoms with Gasteiger partial charge in [-0.3, -0.25) is 4.79 Å². The number of amides is 1. The third kappa shape index (κ3) is 4.71. The van der Waals surface area contributed by atoms with Crippen LogP contribution in [-0.2, 0) is 9.47 Å². The van der Waals surface area contributed by atoms with Crippen LogP contribution in [0.1, 0.15) is 29.6 Å². The third-order valence-electron chi connectivity index (χ3n) is 3.17. The summed E-state index contributed by atoms with van der Waals surface area (Å²) in [6.45, 7) is 2.15. The number of hydrogen-bond donors (Lipinski definition) is 1. The van der Waals surface area contributed by atoms with E-state index in [0.29, 0.717) is 26.2 Å². The first-order valence-electron chi connectivity index (χ1n) is 6.96. The Kier molecular flexibility index (Phi) is 6.01. The molecule has 0 radical (unpaired) electrons. The van der Waals surface area contributed by atoms with E-state index in [1.165, 1.54) is 0 Å². The molecule has 1 aliphatic heterocycles. The molecule has 0 spiro atoms. The molecule has 1 N–H and O–H groups in total. The number of ether oxygens (including phenoxy) is 2. The topological polar surface area (TPSA) is 60.5 Å².